The van der Waals surface area contributed by atoms with E-state index in [-0.39, 0.29) is 0 Å². The fourth-order valence-corrected chi connectivity index (χ4v) is 2.47. The van der Waals surface area contributed by atoms with Crippen molar-refractivity contribution in [1.29, 1.82) is 0 Å². The van der Waals surface area contributed by atoms with Crippen LogP contribution in [-0.2, 0) is 6.54 Å². The number of nitrogens with zero attached hydrogens (tertiary/aromatic N) is 1. The number of aromatic nitrogens is 1. The summed E-state index contributed by atoms with van der Waals surface area (Å²) in [5, 5.41) is 4.11. The summed E-state index contributed by atoms with van der Waals surface area (Å²) in [4.78, 5) is 4.42. The first kappa shape index (κ1) is 13.4. The molecule has 0 amide bonds. The molecule has 1 aromatic heterocycles. The Bertz CT molecular complexity index is 518. The molecular weight excluding hydrogens is 312 g/mol. The topological polar surface area (TPSA) is 24.9 Å². The van der Waals surface area contributed by atoms with Gasteiger partial charge in [0.25, 0.3) is 0 Å². The summed E-state index contributed by atoms with van der Waals surface area (Å²) < 4.78 is 0.990. The lowest BCUT2D eigenvalue weighted by molar-refractivity contribution is 1.08. The second kappa shape index (κ2) is 5.72. The van der Waals surface area contributed by atoms with Gasteiger partial charge in [0.2, 0.25) is 0 Å². The molecule has 2 aromatic rings. The van der Waals surface area contributed by atoms with E-state index in [4.69, 9.17) is 11.6 Å². The van der Waals surface area contributed by atoms with E-state index in [1.165, 1.54) is 0 Å². The van der Waals surface area contributed by atoms with Crippen LogP contribution >= 0.6 is 27.5 Å². The zero-order chi connectivity index (χ0) is 13.1. The Morgan fingerprint density at radius 3 is 2.67 bits per heavy atom. The van der Waals surface area contributed by atoms with Gasteiger partial charge in [0.05, 0.1) is 11.4 Å². The quantitative estimate of drug-likeness (QED) is 0.882. The van der Waals surface area contributed by atoms with Crippen molar-refractivity contribution in [3.05, 3.63) is 56.8 Å². The van der Waals surface area contributed by atoms with Crippen molar-refractivity contribution in [2.24, 2.45) is 0 Å². The number of nitrogens with one attached hydrogen (secondary N) is 1. The smallest absolute Gasteiger partial charge is 0.0606 e. The summed E-state index contributed by atoms with van der Waals surface area (Å²) in [6.45, 7) is 4.68. The molecule has 0 saturated heterocycles. The largest absolute Gasteiger partial charge is 0.379 e. The predicted octanol–water partition coefficient (Wildman–Crippen LogP) is 4.73. The minimum atomic E-state index is 0.692. The number of benzene rings is 1. The van der Waals surface area contributed by atoms with Gasteiger partial charge >= 0.3 is 0 Å². The van der Waals surface area contributed by atoms with Crippen LogP contribution in [0.15, 0.2) is 34.8 Å². The van der Waals surface area contributed by atoms with E-state index in [9.17, 15) is 0 Å². The molecule has 4 heteroatoms. The highest BCUT2D eigenvalue weighted by molar-refractivity contribution is 9.10. The highest BCUT2D eigenvalue weighted by Gasteiger charge is 2.03. The van der Waals surface area contributed by atoms with Crippen LogP contribution in [0.4, 0.5) is 5.69 Å². The van der Waals surface area contributed by atoms with Gasteiger partial charge in [-0.3, -0.25) is 4.98 Å². The van der Waals surface area contributed by atoms with Crippen LogP contribution in [0.5, 0.6) is 0 Å². The molecule has 1 heterocycles. The van der Waals surface area contributed by atoms with Crippen LogP contribution in [0.2, 0.25) is 5.02 Å². The van der Waals surface area contributed by atoms with Crippen LogP contribution in [0.25, 0.3) is 0 Å². The van der Waals surface area contributed by atoms with E-state index in [1.807, 2.05) is 44.2 Å². The molecule has 2 rings (SSSR count). The summed E-state index contributed by atoms with van der Waals surface area (Å²) in [5.41, 5.74) is 4.14. The number of hydrogen-bond acceptors (Lipinski definition) is 2. The highest BCUT2D eigenvalue weighted by Crippen LogP contribution is 2.22. The van der Waals surface area contributed by atoms with Gasteiger partial charge in [-0.15, -0.1) is 0 Å². The van der Waals surface area contributed by atoms with E-state index in [1.54, 1.807) is 0 Å². The first-order valence-electron chi connectivity index (χ1n) is 5.68. The maximum atomic E-state index is 6.18. The zero-order valence-electron chi connectivity index (χ0n) is 10.3. The van der Waals surface area contributed by atoms with Gasteiger partial charge in [-0.05, 0) is 43.7 Å². The Morgan fingerprint density at radius 2 is 2.00 bits per heavy atom. The lowest BCUT2D eigenvalue weighted by Gasteiger charge is -2.10. The Morgan fingerprint density at radius 1 is 1.22 bits per heavy atom. The van der Waals surface area contributed by atoms with Gasteiger partial charge in [0.1, 0.15) is 0 Å². The second-order valence-corrected chi connectivity index (χ2v) is 5.50. The van der Waals surface area contributed by atoms with Crippen molar-refractivity contribution < 1.29 is 0 Å². The SMILES string of the molecule is Cc1ccc(NCc2ccc(Br)cc2Cl)c(C)n1. The van der Waals surface area contributed by atoms with Crippen LogP contribution in [0, 0.1) is 13.8 Å². The van der Waals surface area contributed by atoms with Gasteiger partial charge < -0.3 is 5.32 Å². The number of rotatable bonds is 3. The average molecular weight is 326 g/mol. The number of hydrogen-bond donors (Lipinski definition) is 1. The first-order chi connectivity index (χ1) is 8.56. The number of halogens is 2. The third-order valence-corrected chi connectivity index (χ3v) is 3.55. The van der Waals surface area contributed by atoms with E-state index < -0.39 is 0 Å². The molecule has 0 aliphatic carbocycles. The lowest BCUT2D eigenvalue weighted by Crippen LogP contribution is -2.03. The summed E-state index contributed by atoms with van der Waals surface area (Å²) in [5.74, 6) is 0. The van der Waals surface area contributed by atoms with Crippen LogP contribution in [-0.4, -0.2) is 4.98 Å². The highest BCUT2D eigenvalue weighted by atomic mass is 79.9. The maximum Gasteiger partial charge on any atom is 0.0606 e. The average Bonchev–Trinajstić information content (AvgIpc) is 2.30. The van der Waals surface area contributed by atoms with Crippen molar-refractivity contribution in [2.75, 3.05) is 5.32 Å². The van der Waals surface area contributed by atoms with E-state index in [0.717, 1.165) is 32.1 Å². The Hall–Kier alpha value is -1.06. The predicted molar refractivity (Wildman–Crippen MR) is 80.2 cm³/mol. The van der Waals surface area contributed by atoms with Gasteiger partial charge in [0, 0.05) is 21.7 Å². The fourth-order valence-electron chi connectivity index (χ4n) is 1.73. The Labute approximate surface area is 121 Å². The van der Waals surface area contributed by atoms with E-state index in [2.05, 4.69) is 26.2 Å². The summed E-state index contributed by atoms with van der Waals surface area (Å²) in [7, 11) is 0. The molecular formula is C14H14BrClN2. The maximum absolute atomic E-state index is 6.18. The summed E-state index contributed by atoms with van der Waals surface area (Å²) in [6.07, 6.45) is 0. The molecule has 0 aliphatic heterocycles. The molecule has 0 fully saturated rings. The van der Waals surface area contributed by atoms with Gasteiger partial charge in [-0.2, -0.15) is 0 Å². The number of anilines is 1. The zero-order valence-corrected chi connectivity index (χ0v) is 12.6. The fraction of sp³-hybridized carbons (Fsp3) is 0.214. The molecule has 1 N–H and O–H groups in total. The Kier molecular flexibility index (Phi) is 4.25. The summed E-state index contributed by atoms with van der Waals surface area (Å²) in [6, 6.07) is 9.95. The third-order valence-electron chi connectivity index (χ3n) is 2.71. The first-order valence-corrected chi connectivity index (χ1v) is 6.85. The van der Waals surface area contributed by atoms with Crippen molar-refractivity contribution in [2.45, 2.75) is 20.4 Å². The Balaban J connectivity index is 2.11. The van der Waals surface area contributed by atoms with Crippen molar-refractivity contribution in [3.63, 3.8) is 0 Å². The summed E-state index contributed by atoms with van der Waals surface area (Å²) >= 11 is 9.57. The standard InChI is InChI=1S/C14H14BrClN2/c1-9-3-6-14(10(2)18-9)17-8-11-4-5-12(15)7-13(11)16/h3-7,17H,8H2,1-2H3. The molecule has 0 bridgehead atoms. The molecule has 0 atom stereocenters. The van der Waals surface area contributed by atoms with Crippen LogP contribution in [0.3, 0.4) is 0 Å². The van der Waals surface area contributed by atoms with Gasteiger partial charge in [-0.25, -0.2) is 0 Å². The number of pyridine rings is 1. The van der Waals surface area contributed by atoms with Crippen molar-refractivity contribution in [3.8, 4) is 0 Å². The third kappa shape index (κ3) is 3.24. The molecule has 1 aromatic carbocycles. The lowest BCUT2D eigenvalue weighted by atomic mass is 10.2. The van der Waals surface area contributed by atoms with Crippen molar-refractivity contribution in [1.82, 2.24) is 4.98 Å². The van der Waals surface area contributed by atoms with E-state index in [0.29, 0.717) is 6.54 Å². The van der Waals surface area contributed by atoms with E-state index >= 15 is 0 Å². The molecule has 0 spiro atoms. The molecule has 0 saturated carbocycles. The van der Waals surface area contributed by atoms with Gasteiger partial charge in [0.15, 0.2) is 0 Å². The van der Waals surface area contributed by atoms with Gasteiger partial charge in [-0.1, -0.05) is 33.6 Å². The normalized spacial score (nSPS) is 10.4. The monoisotopic (exact) mass is 324 g/mol. The minimum absolute atomic E-state index is 0.692. The second-order valence-electron chi connectivity index (χ2n) is 4.17. The molecule has 0 radical (unpaired) electrons. The number of aryl methyl sites for hydroxylation is 2. The molecule has 0 aliphatic rings. The molecule has 18 heavy (non-hydrogen) atoms. The minimum Gasteiger partial charge on any atom is -0.379 e. The molecule has 0 unspecified atom stereocenters. The molecule has 2 nitrogen and oxygen atoms in total. The van der Waals surface area contributed by atoms with Crippen molar-refractivity contribution >= 4 is 33.2 Å². The van der Waals surface area contributed by atoms with Crippen LogP contribution in [0.1, 0.15) is 17.0 Å². The molecule has 94 valence electrons. The van der Waals surface area contributed by atoms with Crippen LogP contribution < -0.4 is 5.32 Å².